The van der Waals surface area contributed by atoms with Crippen LogP contribution in [0.2, 0.25) is 0 Å². The van der Waals surface area contributed by atoms with Crippen molar-refractivity contribution in [2.45, 2.75) is 19.8 Å². The minimum atomic E-state index is -3.63. The number of aryl methyl sites for hydroxylation is 1. The smallest absolute Gasteiger partial charge is 0.246 e. The zero-order chi connectivity index (χ0) is 15.0. The minimum Gasteiger partial charge on any atom is -0.395 e. The van der Waals surface area contributed by atoms with E-state index in [2.05, 4.69) is 16.6 Å². The van der Waals surface area contributed by atoms with E-state index in [1.54, 1.807) is 24.3 Å². The molecule has 0 saturated heterocycles. The number of anilines is 1. The summed E-state index contributed by atoms with van der Waals surface area (Å²) in [6.45, 7) is 1.92. The van der Waals surface area contributed by atoms with E-state index in [0.29, 0.717) is 18.5 Å². The number of hydrogen-bond acceptors (Lipinski definition) is 4. The van der Waals surface area contributed by atoms with Crippen LogP contribution in [0.5, 0.6) is 0 Å². The van der Waals surface area contributed by atoms with Crippen molar-refractivity contribution in [3.05, 3.63) is 29.3 Å². The predicted molar refractivity (Wildman–Crippen MR) is 77.4 cm³/mol. The molecule has 1 aromatic carbocycles. The van der Waals surface area contributed by atoms with Crippen molar-refractivity contribution >= 4 is 15.7 Å². The van der Waals surface area contributed by atoms with Gasteiger partial charge in [-0.2, -0.15) is 5.26 Å². The topological polar surface area (TPSA) is 90.2 Å². The van der Waals surface area contributed by atoms with Crippen LogP contribution < -0.4 is 4.72 Å². The molecule has 0 saturated carbocycles. The van der Waals surface area contributed by atoms with Gasteiger partial charge in [-0.05, 0) is 30.2 Å². The third kappa shape index (κ3) is 4.93. The molecule has 0 aliphatic heterocycles. The highest BCUT2D eigenvalue weighted by atomic mass is 32.2. The molecule has 5 nitrogen and oxygen atoms in total. The Labute approximate surface area is 119 Å². The molecule has 0 spiro atoms. The molecule has 2 N–H and O–H groups in total. The quantitative estimate of drug-likeness (QED) is 0.799. The van der Waals surface area contributed by atoms with E-state index in [-0.39, 0.29) is 6.61 Å². The van der Waals surface area contributed by atoms with Crippen LogP contribution >= 0.6 is 0 Å². The number of rotatable bonds is 5. The van der Waals surface area contributed by atoms with E-state index in [9.17, 15) is 8.42 Å². The Kier molecular flexibility index (Phi) is 6.05. The van der Waals surface area contributed by atoms with Crippen molar-refractivity contribution in [3.8, 4) is 17.9 Å². The molecular weight excluding hydrogens is 276 g/mol. The van der Waals surface area contributed by atoms with E-state index in [0.717, 1.165) is 11.1 Å². The lowest BCUT2D eigenvalue weighted by Crippen LogP contribution is -2.16. The average Bonchev–Trinajstić information content (AvgIpc) is 2.40. The van der Waals surface area contributed by atoms with Crippen LogP contribution in [0.4, 0.5) is 5.69 Å². The van der Waals surface area contributed by atoms with E-state index in [1.807, 2.05) is 6.92 Å². The molecule has 0 aliphatic carbocycles. The second-order valence-corrected chi connectivity index (χ2v) is 5.74. The normalized spacial score (nSPS) is 10.2. The van der Waals surface area contributed by atoms with Crippen molar-refractivity contribution in [2.24, 2.45) is 0 Å². The summed E-state index contributed by atoms with van der Waals surface area (Å²) in [5, 5.41) is 17.1. The zero-order valence-electron chi connectivity index (χ0n) is 11.2. The molecule has 0 aliphatic rings. The molecule has 0 amide bonds. The number of nitrogens with zero attached hydrogens (tertiary/aromatic N) is 1. The minimum absolute atomic E-state index is 0.0136. The molecule has 0 bridgehead atoms. The lowest BCUT2D eigenvalue weighted by molar-refractivity contribution is 0.305. The maximum Gasteiger partial charge on any atom is 0.246 e. The molecular formula is C14H16N2O3S. The highest BCUT2D eigenvalue weighted by molar-refractivity contribution is 7.92. The van der Waals surface area contributed by atoms with Gasteiger partial charge < -0.3 is 5.11 Å². The van der Waals surface area contributed by atoms with Gasteiger partial charge in [0.1, 0.15) is 0 Å². The molecule has 20 heavy (non-hydrogen) atoms. The number of benzene rings is 1. The van der Waals surface area contributed by atoms with E-state index in [1.165, 1.54) is 0 Å². The SMILES string of the molecule is CCc1cc(C#CCCO)ccc1NS(=O)(=O)CC#N. The van der Waals surface area contributed by atoms with Gasteiger partial charge >= 0.3 is 0 Å². The first-order valence-corrected chi connectivity index (χ1v) is 7.77. The molecule has 0 aromatic heterocycles. The Morgan fingerprint density at radius 3 is 2.75 bits per heavy atom. The Morgan fingerprint density at radius 1 is 1.40 bits per heavy atom. The van der Waals surface area contributed by atoms with Gasteiger partial charge in [-0.15, -0.1) is 0 Å². The molecule has 0 unspecified atom stereocenters. The van der Waals surface area contributed by atoms with Gasteiger partial charge in [0.25, 0.3) is 0 Å². The van der Waals surface area contributed by atoms with Gasteiger partial charge in [0, 0.05) is 12.0 Å². The second-order valence-electron chi connectivity index (χ2n) is 4.02. The maximum absolute atomic E-state index is 11.6. The van der Waals surface area contributed by atoms with Gasteiger partial charge in [-0.1, -0.05) is 18.8 Å². The van der Waals surface area contributed by atoms with Gasteiger partial charge in [0.2, 0.25) is 10.0 Å². The van der Waals surface area contributed by atoms with Crippen LogP contribution in [-0.4, -0.2) is 25.9 Å². The summed E-state index contributed by atoms with van der Waals surface area (Å²) in [5.74, 6) is 5.13. The maximum atomic E-state index is 11.6. The summed E-state index contributed by atoms with van der Waals surface area (Å²) in [4.78, 5) is 0. The van der Waals surface area contributed by atoms with Crippen LogP contribution in [0.1, 0.15) is 24.5 Å². The lowest BCUT2D eigenvalue weighted by Gasteiger charge is -2.10. The molecule has 0 heterocycles. The molecule has 0 radical (unpaired) electrons. The Balaban J connectivity index is 3.01. The largest absolute Gasteiger partial charge is 0.395 e. The standard InChI is InChI=1S/C14H16N2O3S/c1-2-13-11-12(5-3-4-9-17)6-7-14(13)16-20(18,19)10-8-15/h6-7,11,16-17H,2,4,9-10H2,1H3. The van der Waals surface area contributed by atoms with E-state index < -0.39 is 15.8 Å². The van der Waals surface area contributed by atoms with Crippen LogP contribution in [0.15, 0.2) is 18.2 Å². The first-order valence-electron chi connectivity index (χ1n) is 6.12. The van der Waals surface area contributed by atoms with Crippen molar-refractivity contribution in [1.82, 2.24) is 0 Å². The fourth-order valence-electron chi connectivity index (χ4n) is 1.57. The Morgan fingerprint density at radius 2 is 2.15 bits per heavy atom. The number of aliphatic hydroxyl groups excluding tert-OH is 1. The molecule has 106 valence electrons. The van der Waals surface area contributed by atoms with Crippen molar-refractivity contribution in [3.63, 3.8) is 0 Å². The van der Waals surface area contributed by atoms with Crippen molar-refractivity contribution in [2.75, 3.05) is 17.1 Å². The summed E-state index contributed by atoms with van der Waals surface area (Å²) in [7, 11) is -3.63. The van der Waals surface area contributed by atoms with Crippen molar-refractivity contribution < 1.29 is 13.5 Å². The number of nitrogens with one attached hydrogen (secondary N) is 1. The van der Waals surface area contributed by atoms with Crippen LogP contribution in [0, 0.1) is 23.2 Å². The zero-order valence-corrected chi connectivity index (χ0v) is 12.0. The van der Waals surface area contributed by atoms with Gasteiger partial charge in [-0.25, -0.2) is 8.42 Å². The Bertz CT molecular complexity index is 664. The van der Waals surface area contributed by atoms with Crippen molar-refractivity contribution in [1.29, 1.82) is 5.26 Å². The molecule has 1 aromatic rings. The summed E-state index contributed by atoms with van der Waals surface area (Å²) in [6, 6.07) is 6.75. The van der Waals surface area contributed by atoms with Crippen LogP contribution in [0.3, 0.4) is 0 Å². The van der Waals surface area contributed by atoms with Gasteiger partial charge in [0.15, 0.2) is 5.75 Å². The summed E-state index contributed by atoms with van der Waals surface area (Å²) < 4.78 is 25.5. The Hall–Kier alpha value is -2.02. The van der Waals surface area contributed by atoms with Crippen LogP contribution in [0.25, 0.3) is 0 Å². The fraction of sp³-hybridized carbons (Fsp3) is 0.357. The first-order chi connectivity index (χ1) is 9.52. The van der Waals surface area contributed by atoms with Crippen LogP contribution in [-0.2, 0) is 16.4 Å². The van der Waals surface area contributed by atoms with E-state index in [4.69, 9.17) is 10.4 Å². The lowest BCUT2D eigenvalue weighted by atomic mass is 10.1. The molecule has 6 heteroatoms. The average molecular weight is 292 g/mol. The number of nitriles is 1. The van der Waals surface area contributed by atoms with Gasteiger partial charge in [-0.3, -0.25) is 4.72 Å². The highest BCUT2D eigenvalue weighted by Crippen LogP contribution is 2.19. The summed E-state index contributed by atoms with van der Waals surface area (Å²) in [6.07, 6.45) is 1.04. The first kappa shape index (κ1) is 16.0. The number of hydrogen-bond donors (Lipinski definition) is 2. The number of aliphatic hydroxyl groups is 1. The molecule has 0 atom stereocenters. The monoisotopic (exact) mass is 292 g/mol. The fourth-order valence-corrected chi connectivity index (χ4v) is 2.35. The predicted octanol–water partition coefficient (Wildman–Crippen LogP) is 1.25. The van der Waals surface area contributed by atoms with Gasteiger partial charge in [0.05, 0.1) is 18.4 Å². The second kappa shape index (κ2) is 7.54. The highest BCUT2D eigenvalue weighted by Gasteiger charge is 2.11. The molecule has 1 rings (SSSR count). The summed E-state index contributed by atoms with van der Waals surface area (Å²) in [5.41, 5.74) is 2.04. The third-order valence-electron chi connectivity index (χ3n) is 2.48. The number of sulfonamides is 1. The third-order valence-corrected chi connectivity index (χ3v) is 3.52. The van der Waals surface area contributed by atoms with E-state index >= 15 is 0 Å². The molecule has 0 fully saturated rings. The summed E-state index contributed by atoms with van der Waals surface area (Å²) >= 11 is 0.